The molecule has 0 aromatic heterocycles. The normalized spacial score (nSPS) is 24.7. The maximum Gasteiger partial charge on any atom is 0.165 e. The molecule has 0 spiro atoms. The highest BCUT2D eigenvalue weighted by molar-refractivity contribution is 5.32. The van der Waals surface area contributed by atoms with Gasteiger partial charge in [0.05, 0.1) is 6.61 Å². The van der Waals surface area contributed by atoms with Gasteiger partial charge in [0.1, 0.15) is 0 Å². The third-order valence-electron chi connectivity index (χ3n) is 2.84. The lowest BCUT2D eigenvalue weighted by molar-refractivity contribution is 0.257. The average molecular weight is 209 g/mol. The summed E-state index contributed by atoms with van der Waals surface area (Å²) in [4.78, 5) is 0. The summed E-state index contributed by atoms with van der Waals surface area (Å²) in [6.45, 7) is 5.52. The van der Waals surface area contributed by atoms with Gasteiger partial charge in [-0.15, -0.1) is 0 Å². The number of hydrogen-bond donors (Lipinski definition) is 1. The molecule has 15 heavy (non-hydrogen) atoms. The van der Waals surface area contributed by atoms with Crippen LogP contribution >= 0.6 is 0 Å². The zero-order valence-corrected chi connectivity index (χ0v) is 9.09. The summed E-state index contributed by atoms with van der Waals surface area (Å²) in [7, 11) is 0. The molecule has 1 fully saturated rings. The summed E-state index contributed by atoms with van der Waals surface area (Å²) >= 11 is 0. The van der Waals surface area contributed by atoms with Crippen LogP contribution in [0.2, 0.25) is 0 Å². The topological polar surface area (TPSA) is 21.3 Å². The van der Waals surface area contributed by atoms with Crippen LogP contribution in [0.5, 0.6) is 5.75 Å². The maximum atomic E-state index is 13.5. The van der Waals surface area contributed by atoms with Gasteiger partial charge in [0, 0.05) is 12.6 Å². The van der Waals surface area contributed by atoms with Crippen molar-refractivity contribution in [1.82, 2.24) is 5.32 Å². The van der Waals surface area contributed by atoms with E-state index < -0.39 is 0 Å². The summed E-state index contributed by atoms with van der Waals surface area (Å²) < 4.78 is 18.7. The predicted molar refractivity (Wildman–Crippen MR) is 57.5 cm³/mol. The van der Waals surface area contributed by atoms with Crippen LogP contribution in [0, 0.1) is 11.7 Å². The van der Waals surface area contributed by atoms with Crippen molar-refractivity contribution in [2.75, 3.05) is 13.2 Å². The number of hydrogen-bond acceptors (Lipinski definition) is 2. The SMILES string of the molecule is CCOc1ccc(C2NCC2C)cc1F. The minimum absolute atomic E-state index is 0.268. The molecule has 2 rings (SSSR count). The number of benzene rings is 1. The molecule has 1 aromatic rings. The minimum Gasteiger partial charge on any atom is -0.491 e. The lowest BCUT2D eigenvalue weighted by Gasteiger charge is -2.36. The molecule has 1 N–H and O–H groups in total. The molecule has 0 aliphatic carbocycles. The van der Waals surface area contributed by atoms with E-state index >= 15 is 0 Å². The first-order chi connectivity index (χ1) is 7.22. The van der Waals surface area contributed by atoms with Gasteiger partial charge >= 0.3 is 0 Å². The Balaban J connectivity index is 2.17. The highest BCUT2D eigenvalue weighted by atomic mass is 19.1. The van der Waals surface area contributed by atoms with E-state index in [-0.39, 0.29) is 5.82 Å². The highest BCUT2D eigenvalue weighted by Crippen LogP contribution is 2.31. The van der Waals surface area contributed by atoms with E-state index in [0.717, 1.165) is 12.1 Å². The second kappa shape index (κ2) is 4.19. The Hall–Kier alpha value is -1.09. The molecule has 2 nitrogen and oxygen atoms in total. The molecule has 2 unspecified atom stereocenters. The highest BCUT2D eigenvalue weighted by Gasteiger charge is 2.27. The number of halogens is 1. The van der Waals surface area contributed by atoms with E-state index in [9.17, 15) is 4.39 Å². The Kier molecular flexibility index (Phi) is 2.91. The Morgan fingerprint density at radius 3 is 2.80 bits per heavy atom. The van der Waals surface area contributed by atoms with Crippen molar-refractivity contribution in [1.29, 1.82) is 0 Å². The monoisotopic (exact) mass is 209 g/mol. The molecule has 0 saturated carbocycles. The van der Waals surface area contributed by atoms with E-state index in [1.807, 2.05) is 13.0 Å². The van der Waals surface area contributed by atoms with Gasteiger partial charge in [-0.2, -0.15) is 0 Å². The second-order valence-corrected chi connectivity index (χ2v) is 3.99. The molecule has 0 amide bonds. The van der Waals surface area contributed by atoms with Crippen molar-refractivity contribution >= 4 is 0 Å². The van der Waals surface area contributed by atoms with Gasteiger partial charge in [0.15, 0.2) is 11.6 Å². The van der Waals surface area contributed by atoms with Gasteiger partial charge in [-0.1, -0.05) is 13.0 Å². The third kappa shape index (κ3) is 1.97. The largest absolute Gasteiger partial charge is 0.491 e. The number of rotatable bonds is 3. The average Bonchev–Trinajstić information content (AvgIpc) is 2.20. The molecule has 1 heterocycles. The van der Waals surface area contributed by atoms with Gasteiger partial charge < -0.3 is 10.1 Å². The summed E-state index contributed by atoms with van der Waals surface area (Å²) in [6.07, 6.45) is 0. The second-order valence-electron chi connectivity index (χ2n) is 3.99. The zero-order chi connectivity index (χ0) is 10.8. The van der Waals surface area contributed by atoms with E-state index in [4.69, 9.17) is 4.74 Å². The molecule has 1 aliphatic rings. The Bertz CT molecular complexity index is 353. The summed E-state index contributed by atoms with van der Waals surface area (Å²) in [5.41, 5.74) is 1.01. The van der Waals surface area contributed by atoms with Crippen molar-refractivity contribution in [3.63, 3.8) is 0 Å². The lowest BCUT2D eigenvalue weighted by Crippen LogP contribution is -2.43. The third-order valence-corrected chi connectivity index (χ3v) is 2.84. The van der Waals surface area contributed by atoms with Gasteiger partial charge in [0.2, 0.25) is 0 Å². The van der Waals surface area contributed by atoms with E-state index in [1.165, 1.54) is 0 Å². The van der Waals surface area contributed by atoms with Gasteiger partial charge in [-0.05, 0) is 30.5 Å². The van der Waals surface area contributed by atoms with E-state index in [1.54, 1.807) is 12.1 Å². The Morgan fingerprint density at radius 1 is 1.53 bits per heavy atom. The smallest absolute Gasteiger partial charge is 0.165 e. The molecular formula is C12H16FNO. The van der Waals surface area contributed by atoms with Crippen molar-refractivity contribution in [2.24, 2.45) is 5.92 Å². The standard InChI is InChI=1S/C12H16FNO/c1-3-15-11-5-4-9(6-10(11)13)12-8(2)7-14-12/h4-6,8,12,14H,3,7H2,1-2H3. The fourth-order valence-electron chi connectivity index (χ4n) is 1.90. The first kappa shape index (κ1) is 10.4. The molecule has 2 atom stereocenters. The summed E-state index contributed by atoms with van der Waals surface area (Å²) in [5.74, 6) is 0.658. The summed E-state index contributed by atoms with van der Waals surface area (Å²) in [6, 6.07) is 5.51. The van der Waals surface area contributed by atoms with Gasteiger partial charge in [-0.25, -0.2) is 4.39 Å². The van der Waals surface area contributed by atoms with Crippen molar-refractivity contribution in [3.8, 4) is 5.75 Å². The van der Waals surface area contributed by atoms with Crippen LogP contribution in [-0.4, -0.2) is 13.2 Å². The van der Waals surface area contributed by atoms with E-state index in [0.29, 0.717) is 24.3 Å². The molecule has 1 aliphatic heterocycles. The first-order valence-corrected chi connectivity index (χ1v) is 5.38. The lowest BCUT2D eigenvalue weighted by atomic mass is 9.88. The van der Waals surface area contributed by atoms with Crippen LogP contribution < -0.4 is 10.1 Å². The summed E-state index contributed by atoms with van der Waals surface area (Å²) in [5, 5.41) is 3.28. The molecular weight excluding hydrogens is 193 g/mol. The molecule has 0 bridgehead atoms. The van der Waals surface area contributed by atoms with Crippen molar-refractivity contribution in [3.05, 3.63) is 29.6 Å². The fraction of sp³-hybridized carbons (Fsp3) is 0.500. The fourth-order valence-corrected chi connectivity index (χ4v) is 1.90. The Morgan fingerprint density at radius 2 is 2.33 bits per heavy atom. The minimum atomic E-state index is -0.268. The van der Waals surface area contributed by atoms with Crippen LogP contribution in [0.25, 0.3) is 0 Å². The molecule has 82 valence electrons. The quantitative estimate of drug-likeness (QED) is 0.825. The van der Waals surface area contributed by atoms with Crippen LogP contribution in [-0.2, 0) is 0 Å². The maximum absolute atomic E-state index is 13.5. The van der Waals surface area contributed by atoms with Crippen LogP contribution in [0.3, 0.4) is 0 Å². The van der Waals surface area contributed by atoms with Crippen molar-refractivity contribution < 1.29 is 9.13 Å². The molecule has 3 heteroatoms. The first-order valence-electron chi connectivity index (χ1n) is 5.38. The molecule has 0 radical (unpaired) electrons. The van der Waals surface area contributed by atoms with Gasteiger partial charge in [-0.3, -0.25) is 0 Å². The zero-order valence-electron chi connectivity index (χ0n) is 9.09. The van der Waals surface area contributed by atoms with Crippen LogP contribution in [0.4, 0.5) is 4.39 Å². The van der Waals surface area contributed by atoms with Gasteiger partial charge in [0.25, 0.3) is 0 Å². The van der Waals surface area contributed by atoms with Crippen molar-refractivity contribution in [2.45, 2.75) is 19.9 Å². The predicted octanol–water partition coefficient (Wildman–Crippen LogP) is 2.50. The molecule has 1 aromatic carbocycles. The van der Waals surface area contributed by atoms with E-state index in [2.05, 4.69) is 12.2 Å². The molecule has 1 saturated heterocycles. The number of nitrogens with one attached hydrogen (secondary N) is 1. The van der Waals surface area contributed by atoms with Crippen LogP contribution in [0.15, 0.2) is 18.2 Å². The van der Waals surface area contributed by atoms with Crippen LogP contribution in [0.1, 0.15) is 25.5 Å². The Labute approximate surface area is 89.4 Å². The number of ether oxygens (including phenoxy) is 1.